The van der Waals surface area contributed by atoms with Crippen LogP contribution in [0.5, 0.6) is 0 Å². The van der Waals surface area contributed by atoms with Crippen LogP contribution in [0.15, 0.2) is 29.3 Å². The molecule has 0 saturated heterocycles. The Labute approximate surface area is 161 Å². The molecule has 3 rings (SSSR count). The second-order valence-corrected chi connectivity index (χ2v) is 7.29. The van der Waals surface area contributed by atoms with E-state index in [0.29, 0.717) is 16.3 Å². The molecule has 0 unspecified atom stereocenters. The van der Waals surface area contributed by atoms with Crippen molar-refractivity contribution in [1.29, 1.82) is 5.26 Å². The van der Waals surface area contributed by atoms with E-state index in [9.17, 15) is 20.2 Å². The third kappa shape index (κ3) is 3.78. The second kappa shape index (κ2) is 7.76. The third-order valence-corrected chi connectivity index (χ3v) is 5.69. The van der Waals surface area contributed by atoms with E-state index >= 15 is 0 Å². The van der Waals surface area contributed by atoms with Gasteiger partial charge >= 0.3 is 0 Å². The Hall–Kier alpha value is -2.92. The second-order valence-electron chi connectivity index (χ2n) is 6.32. The van der Waals surface area contributed by atoms with Crippen LogP contribution in [0.1, 0.15) is 28.8 Å². The number of non-ortho nitro benzene ring substituents is 1. The van der Waals surface area contributed by atoms with E-state index in [4.69, 9.17) is 0 Å². The number of anilines is 1. The molecule has 1 aliphatic rings. The summed E-state index contributed by atoms with van der Waals surface area (Å²) in [5.74, 6) is -0.0365. The molecule has 0 saturated carbocycles. The Morgan fingerprint density at radius 3 is 2.70 bits per heavy atom. The molecule has 2 aromatic rings. The highest BCUT2D eigenvalue weighted by Gasteiger charge is 2.22. The number of carbonyl (C=O) groups excluding carboxylic acids is 1. The highest BCUT2D eigenvalue weighted by molar-refractivity contribution is 8.00. The number of rotatable bonds is 5. The summed E-state index contributed by atoms with van der Waals surface area (Å²) in [6.07, 6.45) is 2.91. The number of nitro benzene ring substituents is 1. The number of nitriles is 1. The summed E-state index contributed by atoms with van der Waals surface area (Å²) in [4.78, 5) is 28.8. The zero-order valence-electron chi connectivity index (χ0n) is 15.1. The summed E-state index contributed by atoms with van der Waals surface area (Å²) in [5.41, 5.74) is 4.27. The number of amides is 1. The van der Waals surface area contributed by atoms with Crippen LogP contribution in [0.4, 0.5) is 11.4 Å². The summed E-state index contributed by atoms with van der Waals surface area (Å²) >= 11 is 1.26. The van der Waals surface area contributed by atoms with Crippen molar-refractivity contribution in [2.75, 3.05) is 17.7 Å². The van der Waals surface area contributed by atoms with Gasteiger partial charge in [-0.15, -0.1) is 0 Å². The molecule has 7 nitrogen and oxygen atoms in total. The van der Waals surface area contributed by atoms with Gasteiger partial charge in [-0.25, -0.2) is 4.98 Å². The highest BCUT2D eigenvalue weighted by Crippen LogP contribution is 2.32. The smallest absolute Gasteiger partial charge is 0.269 e. The summed E-state index contributed by atoms with van der Waals surface area (Å²) in [6.45, 7) is 1.94. The van der Waals surface area contributed by atoms with Gasteiger partial charge in [0.2, 0.25) is 5.91 Å². The zero-order valence-corrected chi connectivity index (χ0v) is 15.9. The Morgan fingerprint density at radius 2 is 2.07 bits per heavy atom. The van der Waals surface area contributed by atoms with Crippen LogP contribution >= 0.6 is 11.8 Å². The molecule has 1 aromatic heterocycles. The van der Waals surface area contributed by atoms with Crippen molar-refractivity contribution in [3.63, 3.8) is 0 Å². The predicted molar refractivity (Wildman–Crippen MR) is 103 cm³/mol. The van der Waals surface area contributed by atoms with Gasteiger partial charge in [0.05, 0.1) is 16.2 Å². The molecule has 0 radical (unpaired) electrons. The summed E-state index contributed by atoms with van der Waals surface area (Å²) in [7, 11) is 1.62. The summed E-state index contributed by atoms with van der Waals surface area (Å²) in [6, 6.07) is 8.04. The summed E-state index contributed by atoms with van der Waals surface area (Å²) < 4.78 is 0. The van der Waals surface area contributed by atoms with Crippen LogP contribution in [0.2, 0.25) is 0 Å². The molecule has 0 aliphatic heterocycles. The number of hydrogen-bond acceptors (Lipinski definition) is 6. The van der Waals surface area contributed by atoms with Gasteiger partial charge in [-0.05, 0) is 49.4 Å². The maximum atomic E-state index is 12.5. The average Bonchev–Trinajstić information content (AvgIpc) is 3.14. The molecule has 1 heterocycles. The molecule has 1 amide bonds. The van der Waals surface area contributed by atoms with Gasteiger partial charge in [-0.3, -0.25) is 14.9 Å². The van der Waals surface area contributed by atoms with Gasteiger partial charge in [0.15, 0.2) is 0 Å². The number of aryl methyl sites for hydroxylation is 1. The number of carbonyl (C=O) groups is 1. The lowest BCUT2D eigenvalue weighted by Gasteiger charge is -2.17. The normalized spacial score (nSPS) is 12.3. The first-order valence-electron chi connectivity index (χ1n) is 8.48. The first-order chi connectivity index (χ1) is 12.9. The van der Waals surface area contributed by atoms with Crippen molar-refractivity contribution >= 4 is 29.0 Å². The lowest BCUT2D eigenvalue weighted by molar-refractivity contribution is -0.384. The molecule has 1 aromatic carbocycles. The highest BCUT2D eigenvalue weighted by atomic mass is 32.2. The van der Waals surface area contributed by atoms with Crippen molar-refractivity contribution in [1.82, 2.24) is 4.98 Å². The van der Waals surface area contributed by atoms with Crippen LogP contribution in [0, 0.1) is 28.4 Å². The Kier molecular flexibility index (Phi) is 5.42. The Morgan fingerprint density at radius 1 is 1.37 bits per heavy atom. The van der Waals surface area contributed by atoms with Gasteiger partial charge in [-0.2, -0.15) is 5.26 Å². The standard InChI is InChI=1S/C19H18N4O3S/c1-12-15-4-3-5-17(15)21-19(16(12)10-20)27-11-18(24)22(2)13-6-8-14(9-7-13)23(25)26/h6-9H,3-5,11H2,1-2H3. The van der Waals surface area contributed by atoms with Gasteiger partial charge in [-0.1, -0.05) is 11.8 Å². The molecule has 0 spiro atoms. The van der Waals surface area contributed by atoms with E-state index < -0.39 is 4.92 Å². The van der Waals surface area contributed by atoms with Crippen LogP contribution in [-0.4, -0.2) is 28.6 Å². The van der Waals surface area contributed by atoms with Crippen LogP contribution in [0.25, 0.3) is 0 Å². The molecule has 1 aliphatic carbocycles. The number of aromatic nitrogens is 1. The molecule has 0 N–H and O–H groups in total. The van der Waals surface area contributed by atoms with Crippen LogP contribution < -0.4 is 4.90 Å². The van der Waals surface area contributed by atoms with E-state index in [-0.39, 0.29) is 17.3 Å². The maximum absolute atomic E-state index is 12.5. The average molecular weight is 382 g/mol. The van der Waals surface area contributed by atoms with E-state index in [1.54, 1.807) is 19.2 Å². The lowest BCUT2D eigenvalue weighted by atomic mass is 10.0. The number of benzene rings is 1. The fraction of sp³-hybridized carbons (Fsp3) is 0.316. The number of nitrogens with zero attached hydrogens (tertiary/aromatic N) is 4. The van der Waals surface area contributed by atoms with Gasteiger partial charge in [0.1, 0.15) is 11.1 Å². The van der Waals surface area contributed by atoms with Crippen LogP contribution in [0.3, 0.4) is 0 Å². The minimum Gasteiger partial charge on any atom is -0.315 e. The molecule has 27 heavy (non-hydrogen) atoms. The van der Waals surface area contributed by atoms with Crippen molar-refractivity contribution in [2.24, 2.45) is 0 Å². The van der Waals surface area contributed by atoms with Crippen molar-refractivity contribution in [3.8, 4) is 6.07 Å². The van der Waals surface area contributed by atoms with Gasteiger partial charge < -0.3 is 4.90 Å². The van der Waals surface area contributed by atoms with Crippen molar-refractivity contribution in [3.05, 3.63) is 56.8 Å². The largest absolute Gasteiger partial charge is 0.315 e. The minimum absolute atomic E-state index is 0.0227. The minimum atomic E-state index is -0.479. The first kappa shape index (κ1) is 18.9. The van der Waals surface area contributed by atoms with Crippen molar-refractivity contribution < 1.29 is 9.72 Å². The fourth-order valence-corrected chi connectivity index (χ4v) is 4.12. The molecule has 0 atom stereocenters. The quantitative estimate of drug-likeness (QED) is 0.446. The zero-order chi connectivity index (χ0) is 19.6. The first-order valence-corrected chi connectivity index (χ1v) is 9.47. The molecule has 138 valence electrons. The number of pyridine rings is 1. The lowest BCUT2D eigenvalue weighted by Crippen LogP contribution is -2.28. The summed E-state index contributed by atoms with van der Waals surface area (Å²) in [5, 5.41) is 20.8. The Balaban J connectivity index is 1.73. The molecule has 0 bridgehead atoms. The maximum Gasteiger partial charge on any atom is 0.269 e. The third-order valence-electron chi connectivity index (χ3n) is 4.73. The van der Waals surface area contributed by atoms with Crippen LogP contribution in [-0.2, 0) is 17.6 Å². The van der Waals surface area contributed by atoms with E-state index in [0.717, 1.165) is 30.5 Å². The fourth-order valence-electron chi connectivity index (χ4n) is 3.15. The van der Waals surface area contributed by atoms with E-state index in [2.05, 4.69) is 11.1 Å². The number of thioether (sulfide) groups is 1. The van der Waals surface area contributed by atoms with E-state index in [1.165, 1.54) is 34.4 Å². The molecular formula is C19H18N4O3S. The molecular weight excluding hydrogens is 364 g/mol. The topological polar surface area (TPSA) is 100 Å². The molecule has 0 fully saturated rings. The van der Waals surface area contributed by atoms with Crippen molar-refractivity contribution in [2.45, 2.75) is 31.2 Å². The number of nitro groups is 1. The van der Waals surface area contributed by atoms with E-state index in [1.807, 2.05) is 6.92 Å². The predicted octanol–water partition coefficient (Wildman–Crippen LogP) is 3.41. The molecule has 8 heteroatoms. The monoisotopic (exact) mass is 382 g/mol. The SMILES string of the molecule is Cc1c(C#N)c(SCC(=O)N(C)c2ccc([N+](=O)[O-])cc2)nc2c1CCC2. The van der Waals surface area contributed by atoms with Gasteiger partial charge in [0, 0.05) is 30.6 Å². The van der Waals surface area contributed by atoms with Gasteiger partial charge in [0.25, 0.3) is 5.69 Å². The number of hydrogen-bond donors (Lipinski definition) is 0. The Bertz CT molecular complexity index is 951. The number of fused-ring (bicyclic) bond motifs is 1.